The first-order chi connectivity index (χ1) is 12.2. The molecule has 4 rings (SSSR count). The summed E-state index contributed by atoms with van der Waals surface area (Å²) in [6.07, 6.45) is 1.58. The molecule has 0 saturated carbocycles. The van der Waals surface area contributed by atoms with Gasteiger partial charge in [-0.25, -0.2) is 14.4 Å². The molecule has 0 unspecified atom stereocenters. The van der Waals surface area contributed by atoms with E-state index in [1.165, 1.54) is 16.8 Å². The molecule has 0 aliphatic carbocycles. The third-order valence-electron chi connectivity index (χ3n) is 3.64. The first-order valence-corrected chi connectivity index (χ1v) is 7.45. The Morgan fingerprint density at radius 1 is 0.960 bits per heavy atom. The molecule has 8 heteroatoms. The number of halogens is 1. The van der Waals surface area contributed by atoms with Gasteiger partial charge in [-0.2, -0.15) is 4.68 Å². The molecule has 4 aromatic rings. The van der Waals surface area contributed by atoms with E-state index in [1.54, 1.807) is 18.3 Å². The Morgan fingerprint density at radius 3 is 2.48 bits per heavy atom. The van der Waals surface area contributed by atoms with E-state index in [0.717, 1.165) is 5.56 Å². The van der Waals surface area contributed by atoms with Gasteiger partial charge in [0.15, 0.2) is 5.82 Å². The van der Waals surface area contributed by atoms with Crippen molar-refractivity contribution in [3.05, 3.63) is 66.6 Å². The molecule has 0 saturated heterocycles. The zero-order valence-electron chi connectivity index (χ0n) is 12.9. The smallest absolute Gasteiger partial charge is 0.220 e. The van der Waals surface area contributed by atoms with Gasteiger partial charge in [0.2, 0.25) is 5.95 Å². The van der Waals surface area contributed by atoms with Gasteiger partial charge in [0.25, 0.3) is 0 Å². The van der Waals surface area contributed by atoms with Gasteiger partial charge in [0.1, 0.15) is 5.82 Å². The van der Waals surface area contributed by atoms with Crippen molar-refractivity contribution >= 4 is 5.95 Å². The number of benzene rings is 2. The Bertz CT molecular complexity index is 1010. The quantitative estimate of drug-likeness (QED) is 0.619. The summed E-state index contributed by atoms with van der Waals surface area (Å²) in [5.74, 6) is 0.257. The van der Waals surface area contributed by atoms with Crippen LogP contribution in [0, 0.1) is 5.82 Å². The van der Waals surface area contributed by atoms with Crippen molar-refractivity contribution in [1.82, 2.24) is 30.2 Å². The number of tetrazole rings is 1. The van der Waals surface area contributed by atoms with Crippen LogP contribution in [0.2, 0.25) is 0 Å². The molecular weight excluding hydrogens is 321 g/mol. The van der Waals surface area contributed by atoms with Gasteiger partial charge in [-0.15, -0.1) is 5.10 Å². The number of nitrogens with zero attached hydrogens (tertiary/aromatic N) is 6. The number of nitrogen functional groups attached to an aromatic ring is 1. The van der Waals surface area contributed by atoms with Crippen LogP contribution in [0.4, 0.5) is 10.3 Å². The summed E-state index contributed by atoms with van der Waals surface area (Å²) in [5, 5.41) is 11.8. The highest BCUT2D eigenvalue weighted by molar-refractivity contribution is 5.78. The topological polar surface area (TPSA) is 95.4 Å². The summed E-state index contributed by atoms with van der Waals surface area (Å²) in [5.41, 5.74) is 8.48. The molecule has 0 fully saturated rings. The zero-order chi connectivity index (χ0) is 17.2. The average molecular weight is 333 g/mol. The number of anilines is 1. The maximum atomic E-state index is 13.2. The molecule has 0 atom stereocenters. The highest BCUT2D eigenvalue weighted by atomic mass is 19.1. The third-order valence-corrected chi connectivity index (χ3v) is 3.64. The molecule has 0 radical (unpaired) electrons. The molecule has 0 spiro atoms. The molecule has 2 heterocycles. The number of nitrogens with two attached hydrogens (primary N) is 1. The maximum absolute atomic E-state index is 13.2. The Kier molecular flexibility index (Phi) is 3.62. The van der Waals surface area contributed by atoms with E-state index in [0.29, 0.717) is 22.8 Å². The second-order valence-electron chi connectivity index (χ2n) is 5.25. The Labute approximate surface area is 142 Å². The van der Waals surface area contributed by atoms with Gasteiger partial charge >= 0.3 is 0 Å². The SMILES string of the molecule is Nc1ncc(-c2nnnn2-c2ccc(F)cc2)c(-c2ccccc2)n1. The second kappa shape index (κ2) is 6.08. The monoisotopic (exact) mass is 333 g/mol. The molecule has 0 bridgehead atoms. The van der Waals surface area contributed by atoms with Crippen LogP contribution >= 0.6 is 0 Å². The normalized spacial score (nSPS) is 10.8. The molecule has 0 aliphatic heterocycles. The first-order valence-electron chi connectivity index (χ1n) is 7.45. The molecule has 2 aromatic heterocycles. The number of hydrogen-bond donors (Lipinski definition) is 1. The highest BCUT2D eigenvalue weighted by Crippen LogP contribution is 2.29. The molecule has 0 aliphatic rings. The second-order valence-corrected chi connectivity index (χ2v) is 5.25. The van der Waals surface area contributed by atoms with Gasteiger partial charge in [-0.05, 0) is 34.7 Å². The molecule has 2 aromatic carbocycles. The maximum Gasteiger partial charge on any atom is 0.220 e. The Balaban J connectivity index is 1.90. The number of rotatable bonds is 3. The van der Waals surface area contributed by atoms with Crippen LogP contribution in [0.5, 0.6) is 0 Å². The van der Waals surface area contributed by atoms with Crippen LogP contribution in [-0.4, -0.2) is 30.2 Å². The van der Waals surface area contributed by atoms with Crippen LogP contribution in [-0.2, 0) is 0 Å². The van der Waals surface area contributed by atoms with E-state index < -0.39 is 0 Å². The van der Waals surface area contributed by atoms with Crippen LogP contribution in [0.15, 0.2) is 60.8 Å². The average Bonchev–Trinajstić information content (AvgIpc) is 3.12. The Morgan fingerprint density at radius 2 is 1.72 bits per heavy atom. The molecule has 122 valence electrons. The van der Waals surface area contributed by atoms with Crippen molar-refractivity contribution in [2.24, 2.45) is 0 Å². The van der Waals surface area contributed by atoms with Crippen molar-refractivity contribution in [3.8, 4) is 28.3 Å². The largest absolute Gasteiger partial charge is 0.368 e. The fraction of sp³-hybridized carbons (Fsp3) is 0. The molecule has 0 amide bonds. The van der Waals surface area contributed by atoms with E-state index in [4.69, 9.17) is 5.73 Å². The summed E-state index contributed by atoms with van der Waals surface area (Å²) in [7, 11) is 0. The molecule has 25 heavy (non-hydrogen) atoms. The molecule has 2 N–H and O–H groups in total. The van der Waals surface area contributed by atoms with Crippen molar-refractivity contribution in [2.45, 2.75) is 0 Å². The fourth-order valence-electron chi connectivity index (χ4n) is 2.49. The number of aromatic nitrogens is 6. The van der Waals surface area contributed by atoms with E-state index in [2.05, 4.69) is 25.5 Å². The van der Waals surface area contributed by atoms with Crippen molar-refractivity contribution < 1.29 is 4.39 Å². The zero-order valence-corrected chi connectivity index (χ0v) is 12.9. The first kappa shape index (κ1) is 14.9. The lowest BCUT2D eigenvalue weighted by atomic mass is 10.1. The van der Waals surface area contributed by atoms with Gasteiger partial charge in [-0.3, -0.25) is 0 Å². The fourth-order valence-corrected chi connectivity index (χ4v) is 2.49. The lowest BCUT2D eigenvalue weighted by Crippen LogP contribution is -2.04. The van der Waals surface area contributed by atoms with Gasteiger partial charge in [-0.1, -0.05) is 30.3 Å². The van der Waals surface area contributed by atoms with Gasteiger partial charge < -0.3 is 5.73 Å². The van der Waals surface area contributed by atoms with Crippen molar-refractivity contribution in [2.75, 3.05) is 5.73 Å². The summed E-state index contributed by atoms with van der Waals surface area (Å²) < 4.78 is 14.7. The van der Waals surface area contributed by atoms with Crippen molar-refractivity contribution in [1.29, 1.82) is 0 Å². The summed E-state index contributed by atoms with van der Waals surface area (Å²) >= 11 is 0. The predicted octanol–water partition coefficient (Wildman–Crippen LogP) is 2.51. The Hall–Kier alpha value is -3.68. The third kappa shape index (κ3) is 2.80. The van der Waals surface area contributed by atoms with Crippen LogP contribution in [0.1, 0.15) is 0 Å². The van der Waals surface area contributed by atoms with Gasteiger partial charge in [0, 0.05) is 11.8 Å². The van der Waals surface area contributed by atoms with Crippen LogP contribution in [0.3, 0.4) is 0 Å². The van der Waals surface area contributed by atoms with Crippen LogP contribution in [0.25, 0.3) is 28.3 Å². The van der Waals surface area contributed by atoms with Gasteiger partial charge in [0.05, 0.1) is 16.9 Å². The standard InChI is InChI=1S/C17H12FN7/c18-12-6-8-13(9-7-12)25-16(22-23-24-25)14-10-20-17(19)21-15(14)11-4-2-1-3-5-11/h1-10H,(H2,19,20,21). The van der Waals surface area contributed by atoms with Crippen LogP contribution < -0.4 is 5.73 Å². The van der Waals surface area contributed by atoms with E-state index in [9.17, 15) is 4.39 Å². The van der Waals surface area contributed by atoms with E-state index in [-0.39, 0.29) is 11.8 Å². The van der Waals surface area contributed by atoms with E-state index >= 15 is 0 Å². The summed E-state index contributed by atoms with van der Waals surface area (Å²) in [4.78, 5) is 8.41. The summed E-state index contributed by atoms with van der Waals surface area (Å²) in [6, 6.07) is 15.4. The minimum atomic E-state index is -0.334. The van der Waals surface area contributed by atoms with Crippen molar-refractivity contribution in [3.63, 3.8) is 0 Å². The minimum absolute atomic E-state index is 0.156. The lowest BCUT2D eigenvalue weighted by Gasteiger charge is -2.09. The highest BCUT2D eigenvalue weighted by Gasteiger charge is 2.18. The number of hydrogen-bond acceptors (Lipinski definition) is 6. The molecule has 7 nitrogen and oxygen atoms in total. The molecular formula is C17H12FN7. The van der Waals surface area contributed by atoms with E-state index in [1.807, 2.05) is 30.3 Å². The lowest BCUT2D eigenvalue weighted by molar-refractivity contribution is 0.627. The minimum Gasteiger partial charge on any atom is -0.368 e. The predicted molar refractivity (Wildman–Crippen MR) is 90.0 cm³/mol. The summed E-state index contributed by atoms with van der Waals surface area (Å²) in [6.45, 7) is 0.